The molecule has 3 nitrogen and oxygen atoms in total. The van der Waals surface area contributed by atoms with Crippen molar-refractivity contribution in [2.24, 2.45) is 0 Å². The lowest BCUT2D eigenvalue weighted by molar-refractivity contribution is -0.140. The molecule has 1 unspecified atom stereocenters. The first-order valence-electron chi connectivity index (χ1n) is 8.86. The van der Waals surface area contributed by atoms with Crippen molar-refractivity contribution in [2.75, 3.05) is 6.54 Å². The van der Waals surface area contributed by atoms with E-state index in [-0.39, 0.29) is 6.04 Å². The zero-order valence-electron chi connectivity index (χ0n) is 15.2. The second-order valence-corrected chi connectivity index (χ2v) is 6.22. The first-order chi connectivity index (χ1) is 11.9. The standard InChI is InChI=1S/C17H20F3N3.C2H6/c1-11(2)23-10-15(17(18,19)20)22-16(23)13-7-5-12(6-8-13)14-4-3-9-21-14;1-2/h5-8,10-11,14,21H,3-4,9H2,1-2H3;1-2H3. The van der Waals surface area contributed by atoms with Gasteiger partial charge in [-0.25, -0.2) is 4.98 Å². The summed E-state index contributed by atoms with van der Waals surface area (Å²) in [4.78, 5) is 3.82. The summed E-state index contributed by atoms with van der Waals surface area (Å²) in [7, 11) is 0. The summed E-state index contributed by atoms with van der Waals surface area (Å²) < 4.78 is 40.4. The summed E-state index contributed by atoms with van der Waals surface area (Å²) >= 11 is 0. The minimum atomic E-state index is -4.43. The Kier molecular flexibility index (Phi) is 6.27. The molecule has 138 valence electrons. The Morgan fingerprint density at radius 3 is 2.28 bits per heavy atom. The molecular weight excluding hydrogens is 327 g/mol. The summed E-state index contributed by atoms with van der Waals surface area (Å²) in [6.45, 7) is 8.71. The predicted molar refractivity (Wildman–Crippen MR) is 94.4 cm³/mol. The van der Waals surface area contributed by atoms with Crippen LogP contribution in [0.1, 0.15) is 63.9 Å². The van der Waals surface area contributed by atoms with Gasteiger partial charge in [-0.3, -0.25) is 0 Å². The van der Waals surface area contributed by atoms with Gasteiger partial charge in [0.05, 0.1) is 0 Å². The molecule has 1 aliphatic rings. The van der Waals surface area contributed by atoms with E-state index in [1.165, 1.54) is 5.56 Å². The van der Waals surface area contributed by atoms with E-state index in [0.717, 1.165) is 25.6 Å². The van der Waals surface area contributed by atoms with Crippen molar-refractivity contribution >= 4 is 0 Å². The number of alkyl halides is 3. The van der Waals surface area contributed by atoms with Gasteiger partial charge < -0.3 is 9.88 Å². The Balaban J connectivity index is 0.00000109. The summed E-state index contributed by atoms with van der Waals surface area (Å²) in [5.41, 5.74) is 1.03. The fourth-order valence-corrected chi connectivity index (χ4v) is 2.97. The summed E-state index contributed by atoms with van der Waals surface area (Å²) in [6, 6.07) is 7.92. The summed E-state index contributed by atoms with van der Waals surface area (Å²) in [5.74, 6) is 0.359. The van der Waals surface area contributed by atoms with Gasteiger partial charge in [-0.1, -0.05) is 38.1 Å². The maximum atomic E-state index is 12.9. The molecule has 1 fully saturated rings. The summed E-state index contributed by atoms with van der Waals surface area (Å²) in [5, 5.41) is 3.42. The van der Waals surface area contributed by atoms with Crippen LogP contribution in [-0.4, -0.2) is 16.1 Å². The van der Waals surface area contributed by atoms with E-state index in [1.54, 1.807) is 4.57 Å². The first-order valence-corrected chi connectivity index (χ1v) is 8.86. The highest BCUT2D eigenvalue weighted by Crippen LogP contribution is 2.33. The van der Waals surface area contributed by atoms with Gasteiger partial charge in [0.2, 0.25) is 0 Å². The largest absolute Gasteiger partial charge is 0.434 e. The topological polar surface area (TPSA) is 29.9 Å². The van der Waals surface area contributed by atoms with Crippen LogP contribution in [-0.2, 0) is 6.18 Å². The number of nitrogens with one attached hydrogen (secondary N) is 1. The van der Waals surface area contributed by atoms with Crippen LogP contribution in [0.4, 0.5) is 13.2 Å². The van der Waals surface area contributed by atoms with Gasteiger partial charge in [0.15, 0.2) is 5.69 Å². The molecule has 0 aliphatic carbocycles. The molecule has 25 heavy (non-hydrogen) atoms. The minimum absolute atomic E-state index is 0.0928. The lowest BCUT2D eigenvalue weighted by Crippen LogP contribution is -2.12. The molecule has 6 heteroatoms. The SMILES string of the molecule is CC.CC(C)n1cc(C(F)(F)F)nc1-c1ccc(C2CCCN2)cc1. The predicted octanol–water partition coefficient (Wildman–Crippen LogP) is 5.60. The first kappa shape index (κ1) is 19.5. The van der Waals surface area contributed by atoms with Crippen molar-refractivity contribution in [3.63, 3.8) is 0 Å². The van der Waals surface area contributed by atoms with E-state index in [4.69, 9.17) is 0 Å². The Labute approximate surface area is 147 Å². The number of halogens is 3. The van der Waals surface area contributed by atoms with Gasteiger partial charge >= 0.3 is 6.18 Å². The van der Waals surface area contributed by atoms with Crippen LogP contribution in [0.5, 0.6) is 0 Å². The van der Waals surface area contributed by atoms with Gasteiger partial charge in [-0.2, -0.15) is 13.2 Å². The molecule has 1 N–H and O–H groups in total. The van der Waals surface area contributed by atoms with Crippen molar-refractivity contribution in [1.82, 2.24) is 14.9 Å². The number of hydrogen-bond donors (Lipinski definition) is 1. The molecule has 0 saturated carbocycles. The molecule has 3 rings (SSSR count). The zero-order chi connectivity index (χ0) is 18.6. The molecule has 0 radical (unpaired) electrons. The average molecular weight is 353 g/mol. The third-order valence-electron chi connectivity index (χ3n) is 4.21. The van der Waals surface area contributed by atoms with E-state index in [1.807, 2.05) is 52.0 Å². The number of nitrogens with zero attached hydrogens (tertiary/aromatic N) is 2. The van der Waals surface area contributed by atoms with Crippen LogP contribution in [0.15, 0.2) is 30.5 Å². The highest BCUT2D eigenvalue weighted by atomic mass is 19.4. The van der Waals surface area contributed by atoms with Crippen LogP contribution in [0, 0.1) is 0 Å². The number of hydrogen-bond acceptors (Lipinski definition) is 2. The third kappa shape index (κ3) is 4.42. The highest BCUT2D eigenvalue weighted by molar-refractivity contribution is 5.57. The lowest BCUT2D eigenvalue weighted by Gasteiger charge is -2.13. The second-order valence-electron chi connectivity index (χ2n) is 6.22. The number of rotatable bonds is 3. The molecular formula is C19H26F3N3. The molecule has 0 spiro atoms. The number of benzene rings is 1. The Morgan fingerprint density at radius 1 is 1.16 bits per heavy atom. The monoisotopic (exact) mass is 353 g/mol. The maximum absolute atomic E-state index is 12.9. The van der Waals surface area contributed by atoms with Crippen molar-refractivity contribution in [3.8, 4) is 11.4 Å². The van der Waals surface area contributed by atoms with Gasteiger partial charge in [0.25, 0.3) is 0 Å². The van der Waals surface area contributed by atoms with Crippen molar-refractivity contribution in [1.29, 1.82) is 0 Å². The van der Waals surface area contributed by atoms with E-state index < -0.39 is 11.9 Å². The Morgan fingerprint density at radius 2 is 1.80 bits per heavy atom. The fraction of sp³-hybridized carbons (Fsp3) is 0.526. The Hall–Kier alpha value is -1.82. The summed E-state index contributed by atoms with van der Waals surface area (Å²) in [6.07, 6.45) is -1.09. The van der Waals surface area contributed by atoms with Crippen molar-refractivity contribution in [2.45, 2.75) is 58.8 Å². The maximum Gasteiger partial charge on any atom is 0.434 e. The van der Waals surface area contributed by atoms with Crippen LogP contribution in [0.3, 0.4) is 0 Å². The van der Waals surface area contributed by atoms with E-state index >= 15 is 0 Å². The van der Waals surface area contributed by atoms with Gasteiger partial charge in [0, 0.05) is 23.8 Å². The molecule has 2 heterocycles. The second kappa shape index (κ2) is 8.04. The molecule has 1 aromatic carbocycles. The Bertz CT molecular complexity index is 666. The van der Waals surface area contributed by atoms with Gasteiger partial charge in [-0.05, 0) is 38.8 Å². The fourth-order valence-electron chi connectivity index (χ4n) is 2.97. The molecule has 0 amide bonds. The van der Waals surface area contributed by atoms with E-state index in [9.17, 15) is 13.2 Å². The smallest absolute Gasteiger partial charge is 0.328 e. The number of aromatic nitrogens is 2. The quantitative estimate of drug-likeness (QED) is 0.778. The molecule has 1 aromatic heterocycles. The zero-order valence-corrected chi connectivity index (χ0v) is 15.2. The third-order valence-corrected chi connectivity index (χ3v) is 4.21. The molecule has 1 atom stereocenters. The van der Waals surface area contributed by atoms with E-state index in [0.29, 0.717) is 17.4 Å². The van der Waals surface area contributed by atoms with Crippen LogP contribution in [0.2, 0.25) is 0 Å². The van der Waals surface area contributed by atoms with Crippen LogP contribution >= 0.6 is 0 Å². The lowest BCUT2D eigenvalue weighted by atomic mass is 10.0. The molecule has 0 bridgehead atoms. The van der Waals surface area contributed by atoms with Crippen molar-refractivity contribution < 1.29 is 13.2 Å². The van der Waals surface area contributed by atoms with Crippen LogP contribution < -0.4 is 5.32 Å². The average Bonchev–Trinajstić information content (AvgIpc) is 3.26. The highest BCUT2D eigenvalue weighted by Gasteiger charge is 2.35. The molecule has 2 aromatic rings. The molecule has 1 saturated heterocycles. The number of imidazole rings is 1. The van der Waals surface area contributed by atoms with Crippen LogP contribution in [0.25, 0.3) is 11.4 Å². The van der Waals surface area contributed by atoms with E-state index in [2.05, 4.69) is 10.3 Å². The van der Waals surface area contributed by atoms with Gasteiger partial charge in [-0.15, -0.1) is 0 Å². The molecule has 1 aliphatic heterocycles. The van der Waals surface area contributed by atoms with Crippen molar-refractivity contribution in [3.05, 3.63) is 41.7 Å². The van der Waals surface area contributed by atoms with Gasteiger partial charge in [0.1, 0.15) is 5.82 Å². The minimum Gasteiger partial charge on any atom is -0.328 e. The normalized spacial score (nSPS) is 17.5.